The molecule has 0 amide bonds. The highest BCUT2D eigenvalue weighted by molar-refractivity contribution is 5.83. The molecule has 0 unspecified atom stereocenters. The molecular formula is C19H17N5. The van der Waals surface area contributed by atoms with E-state index in [2.05, 4.69) is 63.6 Å². The van der Waals surface area contributed by atoms with Gasteiger partial charge in [0.15, 0.2) is 17.0 Å². The molecule has 118 valence electrons. The first-order valence-corrected chi connectivity index (χ1v) is 7.84. The summed E-state index contributed by atoms with van der Waals surface area (Å²) in [6.45, 7) is 2.77. The minimum Gasteiger partial charge on any atom is -0.364 e. The normalized spacial score (nSPS) is 10.9. The van der Waals surface area contributed by atoms with Gasteiger partial charge in [-0.2, -0.15) is 0 Å². The van der Waals surface area contributed by atoms with E-state index in [0.717, 1.165) is 22.7 Å². The molecule has 0 aliphatic rings. The fourth-order valence-electron chi connectivity index (χ4n) is 2.64. The molecule has 4 aromatic rings. The Kier molecular flexibility index (Phi) is 3.67. The van der Waals surface area contributed by atoms with Crippen molar-refractivity contribution in [3.63, 3.8) is 0 Å². The zero-order valence-corrected chi connectivity index (χ0v) is 13.3. The number of anilines is 1. The molecule has 0 saturated heterocycles. The summed E-state index contributed by atoms with van der Waals surface area (Å²) in [6, 6.07) is 18.5. The first kappa shape index (κ1) is 14.4. The first-order chi connectivity index (χ1) is 11.8. The Balaban J connectivity index is 1.67. The van der Waals surface area contributed by atoms with Gasteiger partial charge in [0, 0.05) is 12.2 Å². The van der Waals surface area contributed by atoms with E-state index >= 15 is 0 Å². The summed E-state index contributed by atoms with van der Waals surface area (Å²) < 4.78 is 1.98. The van der Waals surface area contributed by atoms with Gasteiger partial charge in [-0.15, -0.1) is 0 Å². The van der Waals surface area contributed by atoms with Crippen LogP contribution in [-0.4, -0.2) is 19.5 Å². The maximum Gasteiger partial charge on any atom is 0.170 e. The molecule has 4 rings (SSSR count). The highest BCUT2D eigenvalue weighted by atomic mass is 15.1. The number of aryl methyl sites for hydroxylation is 1. The SMILES string of the molecule is Cc1ccc(-n2cnc3c(NCc4ccccc4)ncnc32)cc1. The molecule has 0 saturated carbocycles. The number of benzene rings is 2. The Bertz CT molecular complexity index is 958. The Morgan fingerprint density at radius 2 is 1.71 bits per heavy atom. The van der Waals surface area contributed by atoms with Crippen molar-refractivity contribution in [3.8, 4) is 5.69 Å². The van der Waals surface area contributed by atoms with Gasteiger partial charge in [-0.3, -0.25) is 4.57 Å². The molecule has 0 aliphatic heterocycles. The van der Waals surface area contributed by atoms with Gasteiger partial charge in [0.1, 0.15) is 12.7 Å². The van der Waals surface area contributed by atoms with Gasteiger partial charge in [0.25, 0.3) is 0 Å². The molecule has 2 aromatic heterocycles. The first-order valence-electron chi connectivity index (χ1n) is 7.84. The average molecular weight is 315 g/mol. The Labute approximate surface area is 140 Å². The molecule has 5 nitrogen and oxygen atoms in total. The molecule has 0 radical (unpaired) electrons. The van der Waals surface area contributed by atoms with Crippen LogP contribution in [0, 0.1) is 6.92 Å². The third-order valence-electron chi connectivity index (χ3n) is 3.95. The van der Waals surface area contributed by atoms with Crippen molar-refractivity contribution in [2.75, 3.05) is 5.32 Å². The summed E-state index contributed by atoms with van der Waals surface area (Å²) in [6.07, 6.45) is 3.36. The number of hydrogen-bond acceptors (Lipinski definition) is 4. The lowest BCUT2D eigenvalue weighted by molar-refractivity contribution is 1.05. The van der Waals surface area contributed by atoms with Crippen LogP contribution in [0.5, 0.6) is 0 Å². The van der Waals surface area contributed by atoms with Gasteiger partial charge in [0.05, 0.1) is 0 Å². The standard InChI is InChI=1S/C19H17N5/c1-14-7-9-16(10-8-14)24-13-23-17-18(21-12-22-19(17)24)20-11-15-5-3-2-4-6-15/h2-10,12-13H,11H2,1H3,(H,20,21,22). The second-order valence-corrected chi connectivity index (χ2v) is 5.68. The van der Waals surface area contributed by atoms with Crippen molar-refractivity contribution >= 4 is 17.0 Å². The summed E-state index contributed by atoms with van der Waals surface area (Å²) in [5.74, 6) is 0.745. The number of fused-ring (bicyclic) bond motifs is 1. The van der Waals surface area contributed by atoms with E-state index in [9.17, 15) is 0 Å². The lowest BCUT2D eigenvalue weighted by atomic mass is 10.2. The van der Waals surface area contributed by atoms with Gasteiger partial charge in [0.2, 0.25) is 0 Å². The maximum atomic E-state index is 4.51. The third-order valence-corrected chi connectivity index (χ3v) is 3.95. The summed E-state index contributed by atoms with van der Waals surface area (Å²) in [4.78, 5) is 13.3. The highest BCUT2D eigenvalue weighted by Gasteiger charge is 2.11. The minimum absolute atomic E-state index is 0.699. The van der Waals surface area contributed by atoms with E-state index in [1.165, 1.54) is 11.1 Å². The zero-order chi connectivity index (χ0) is 16.4. The molecule has 0 spiro atoms. The number of imidazole rings is 1. The third kappa shape index (κ3) is 2.72. The number of nitrogens with one attached hydrogen (secondary N) is 1. The summed E-state index contributed by atoms with van der Waals surface area (Å²) >= 11 is 0. The quantitative estimate of drug-likeness (QED) is 0.623. The molecule has 2 heterocycles. The van der Waals surface area contributed by atoms with E-state index in [1.807, 2.05) is 22.8 Å². The summed E-state index contributed by atoms with van der Waals surface area (Å²) in [7, 11) is 0. The number of aromatic nitrogens is 4. The lowest BCUT2D eigenvalue weighted by Gasteiger charge is -2.07. The molecule has 1 N–H and O–H groups in total. The molecule has 5 heteroatoms. The molecule has 0 aliphatic carbocycles. The van der Waals surface area contributed by atoms with Crippen molar-refractivity contribution in [1.82, 2.24) is 19.5 Å². The number of rotatable bonds is 4. The van der Waals surface area contributed by atoms with Crippen LogP contribution in [0.1, 0.15) is 11.1 Å². The molecule has 0 atom stereocenters. The Hall–Kier alpha value is -3.21. The van der Waals surface area contributed by atoms with Gasteiger partial charge < -0.3 is 5.32 Å². The van der Waals surface area contributed by atoms with Crippen molar-refractivity contribution in [1.29, 1.82) is 0 Å². The van der Waals surface area contributed by atoms with Crippen molar-refractivity contribution < 1.29 is 0 Å². The van der Waals surface area contributed by atoms with Crippen LogP contribution in [-0.2, 0) is 6.54 Å². The fraction of sp³-hybridized carbons (Fsp3) is 0.105. The Morgan fingerprint density at radius 3 is 2.50 bits per heavy atom. The average Bonchev–Trinajstić information content (AvgIpc) is 3.06. The second-order valence-electron chi connectivity index (χ2n) is 5.68. The van der Waals surface area contributed by atoms with Crippen LogP contribution in [0.3, 0.4) is 0 Å². The molecule has 24 heavy (non-hydrogen) atoms. The van der Waals surface area contributed by atoms with Crippen LogP contribution >= 0.6 is 0 Å². The topological polar surface area (TPSA) is 55.6 Å². The number of hydrogen-bond donors (Lipinski definition) is 1. The maximum absolute atomic E-state index is 4.51. The van der Waals surface area contributed by atoms with Gasteiger partial charge >= 0.3 is 0 Å². The fourth-order valence-corrected chi connectivity index (χ4v) is 2.64. The predicted octanol–water partition coefficient (Wildman–Crippen LogP) is 3.74. The second kappa shape index (κ2) is 6.12. The van der Waals surface area contributed by atoms with Crippen LogP contribution in [0.25, 0.3) is 16.9 Å². The minimum atomic E-state index is 0.699. The van der Waals surface area contributed by atoms with Gasteiger partial charge in [-0.1, -0.05) is 48.0 Å². The summed E-state index contributed by atoms with van der Waals surface area (Å²) in [5, 5.41) is 3.35. The lowest BCUT2D eigenvalue weighted by Crippen LogP contribution is -2.03. The molecular weight excluding hydrogens is 298 g/mol. The van der Waals surface area contributed by atoms with Crippen molar-refractivity contribution in [2.45, 2.75) is 13.5 Å². The smallest absolute Gasteiger partial charge is 0.170 e. The largest absolute Gasteiger partial charge is 0.364 e. The Morgan fingerprint density at radius 1 is 0.917 bits per heavy atom. The van der Waals surface area contributed by atoms with Gasteiger partial charge in [-0.25, -0.2) is 15.0 Å². The molecule has 0 fully saturated rings. The van der Waals surface area contributed by atoms with Crippen LogP contribution in [0.4, 0.5) is 5.82 Å². The summed E-state index contributed by atoms with van der Waals surface area (Å²) in [5.41, 5.74) is 5.03. The van der Waals surface area contributed by atoms with Crippen LogP contribution < -0.4 is 5.32 Å². The molecule has 0 bridgehead atoms. The van der Waals surface area contributed by atoms with Crippen LogP contribution in [0.2, 0.25) is 0 Å². The van der Waals surface area contributed by atoms with E-state index in [1.54, 1.807) is 12.7 Å². The van der Waals surface area contributed by atoms with Gasteiger partial charge in [-0.05, 0) is 24.6 Å². The zero-order valence-electron chi connectivity index (χ0n) is 13.3. The highest BCUT2D eigenvalue weighted by Crippen LogP contribution is 2.21. The van der Waals surface area contributed by atoms with E-state index in [-0.39, 0.29) is 0 Å². The monoisotopic (exact) mass is 315 g/mol. The van der Waals surface area contributed by atoms with E-state index in [4.69, 9.17) is 0 Å². The van der Waals surface area contributed by atoms with E-state index in [0.29, 0.717) is 6.54 Å². The van der Waals surface area contributed by atoms with Crippen molar-refractivity contribution in [2.24, 2.45) is 0 Å². The molecule has 2 aromatic carbocycles. The van der Waals surface area contributed by atoms with Crippen molar-refractivity contribution in [3.05, 3.63) is 78.4 Å². The van der Waals surface area contributed by atoms with Crippen LogP contribution in [0.15, 0.2) is 67.3 Å². The number of nitrogens with zero attached hydrogens (tertiary/aromatic N) is 4. The van der Waals surface area contributed by atoms with E-state index < -0.39 is 0 Å². The predicted molar refractivity (Wildman–Crippen MR) is 95.2 cm³/mol.